The van der Waals surface area contributed by atoms with Crippen molar-refractivity contribution in [2.45, 2.75) is 0 Å². The summed E-state index contributed by atoms with van der Waals surface area (Å²) in [6, 6.07) is 9.66. The van der Waals surface area contributed by atoms with Crippen molar-refractivity contribution >= 4 is 28.9 Å². The molecule has 2 N–H and O–H groups in total. The predicted molar refractivity (Wildman–Crippen MR) is 96.1 cm³/mol. The lowest BCUT2D eigenvalue weighted by atomic mass is 10.1. The van der Waals surface area contributed by atoms with Crippen molar-refractivity contribution in [3.05, 3.63) is 52.4 Å². The number of nitrogens with one attached hydrogen (secondary N) is 1. The van der Waals surface area contributed by atoms with Gasteiger partial charge in [0.05, 0.1) is 25.8 Å². The number of hydrogen-bond donors (Lipinski definition) is 2. The molecule has 0 bridgehead atoms. The topological polar surface area (TPSA) is 78.9 Å². The smallest absolute Gasteiger partial charge is 0.337 e. The third-order valence-electron chi connectivity index (χ3n) is 3.96. The zero-order chi connectivity index (χ0) is 17.8. The van der Waals surface area contributed by atoms with Crippen LogP contribution < -0.4 is 5.32 Å². The lowest BCUT2D eigenvalue weighted by Crippen LogP contribution is -2.31. The van der Waals surface area contributed by atoms with Crippen LogP contribution >= 0.6 is 11.3 Å². The fourth-order valence-corrected chi connectivity index (χ4v) is 3.33. The second kappa shape index (κ2) is 7.50. The van der Waals surface area contributed by atoms with E-state index in [9.17, 15) is 9.59 Å². The molecule has 1 amide bonds. The molecule has 0 atom stereocenters. The number of benzene rings is 1. The van der Waals surface area contributed by atoms with Crippen molar-refractivity contribution in [1.29, 1.82) is 0 Å². The number of aliphatic hydroxyl groups is 1. The minimum atomic E-state index is -0.550. The standard InChI is InChI=1S/C18H18N2O4S/c1-24-18(23)15-10-20(7-8-21)17(22)16(15)19-14-4-2-12(3-5-14)13-6-9-25-11-13/h2-6,9,11,19,21H,7-8,10H2,1H3. The minimum absolute atomic E-state index is 0.126. The van der Waals surface area contributed by atoms with Gasteiger partial charge >= 0.3 is 5.97 Å². The first-order valence-electron chi connectivity index (χ1n) is 7.75. The number of rotatable bonds is 6. The molecule has 0 fully saturated rings. The largest absolute Gasteiger partial charge is 0.466 e. The van der Waals surface area contributed by atoms with Gasteiger partial charge in [0.2, 0.25) is 0 Å². The van der Waals surface area contributed by atoms with Crippen LogP contribution in [0.25, 0.3) is 11.1 Å². The number of nitrogens with zero attached hydrogens (tertiary/aromatic N) is 1. The van der Waals surface area contributed by atoms with Gasteiger partial charge in [-0.05, 0) is 40.1 Å². The summed E-state index contributed by atoms with van der Waals surface area (Å²) >= 11 is 1.63. The molecule has 0 unspecified atom stereocenters. The van der Waals surface area contributed by atoms with Crippen LogP contribution in [0.1, 0.15) is 0 Å². The molecule has 7 heteroatoms. The summed E-state index contributed by atoms with van der Waals surface area (Å²) in [4.78, 5) is 25.8. The van der Waals surface area contributed by atoms with E-state index in [-0.39, 0.29) is 36.9 Å². The fourth-order valence-electron chi connectivity index (χ4n) is 2.67. The van der Waals surface area contributed by atoms with Crippen molar-refractivity contribution in [1.82, 2.24) is 4.90 Å². The molecule has 1 aromatic heterocycles. The van der Waals surface area contributed by atoms with E-state index in [0.717, 1.165) is 11.1 Å². The first-order chi connectivity index (χ1) is 12.1. The number of aliphatic hydroxyl groups excluding tert-OH is 1. The van der Waals surface area contributed by atoms with Gasteiger partial charge in [-0.15, -0.1) is 0 Å². The molecule has 0 radical (unpaired) electrons. The maximum absolute atomic E-state index is 12.5. The third kappa shape index (κ3) is 3.57. The molecule has 2 aromatic rings. The molecule has 1 aliphatic heterocycles. The van der Waals surface area contributed by atoms with E-state index >= 15 is 0 Å². The number of carbonyl (C=O) groups is 2. The zero-order valence-electron chi connectivity index (χ0n) is 13.7. The molecule has 130 valence electrons. The Morgan fingerprint density at radius 1 is 1.28 bits per heavy atom. The van der Waals surface area contributed by atoms with Crippen LogP contribution in [0.15, 0.2) is 52.4 Å². The molecular weight excluding hydrogens is 340 g/mol. The van der Waals surface area contributed by atoms with Gasteiger partial charge in [-0.1, -0.05) is 12.1 Å². The fraction of sp³-hybridized carbons (Fsp3) is 0.222. The van der Waals surface area contributed by atoms with E-state index < -0.39 is 5.97 Å². The maximum Gasteiger partial charge on any atom is 0.337 e. The highest BCUT2D eigenvalue weighted by Gasteiger charge is 2.34. The van der Waals surface area contributed by atoms with Gasteiger partial charge in [-0.2, -0.15) is 11.3 Å². The van der Waals surface area contributed by atoms with Crippen molar-refractivity contribution in [3.63, 3.8) is 0 Å². The number of amides is 1. The van der Waals surface area contributed by atoms with Crippen LogP contribution in [0.5, 0.6) is 0 Å². The lowest BCUT2D eigenvalue weighted by Gasteiger charge is -2.15. The lowest BCUT2D eigenvalue weighted by molar-refractivity contribution is -0.136. The SMILES string of the molecule is COC(=O)C1=C(Nc2ccc(-c3ccsc3)cc2)C(=O)N(CCO)C1. The molecule has 1 aliphatic rings. The first kappa shape index (κ1) is 17.2. The van der Waals surface area contributed by atoms with Gasteiger partial charge < -0.3 is 20.1 Å². The summed E-state index contributed by atoms with van der Waals surface area (Å²) in [5.74, 6) is -0.873. The average molecular weight is 358 g/mol. The Morgan fingerprint density at radius 3 is 2.64 bits per heavy atom. The Kier molecular flexibility index (Phi) is 5.16. The quantitative estimate of drug-likeness (QED) is 0.773. The summed E-state index contributed by atoms with van der Waals surface area (Å²) in [7, 11) is 1.28. The van der Waals surface area contributed by atoms with Crippen LogP contribution in [0.3, 0.4) is 0 Å². The number of carbonyl (C=O) groups excluding carboxylic acids is 2. The molecular formula is C18H18N2O4S. The molecule has 0 spiro atoms. The number of β-amino-alcohol motifs (C(OH)–C–C–N with tert-alkyl or cyclic N) is 1. The molecule has 6 nitrogen and oxygen atoms in total. The van der Waals surface area contributed by atoms with Crippen LogP contribution in [0.4, 0.5) is 5.69 Å². The van der Waals surface area contributed by atoms with E-state index in [1.54, 1.807) is 11.3 Å². The van der Waals surface area contributed by atoms with Crippen molar-refractivity contribution in [2.75, 3.05) is 32.1 Å². The number of esters is 1. The van der Waals surface area contributed by atoms with Gasteiger partial charge in [-0.3, -0.25) is 4.79 Å². The van der Waals surface area contributed by atoms with Crippen molar-refractivity contribution in [3.8, 4) is 11.1 Å². The number of hydrogen-bond acceptors (Lipinski definition) is 6. The second-order valence-corrected chi connectivity index (χ2v) is 6.29. The minimum Gasteiger partial charge on any atom is -0.466 e. The first-order valence-corrected chi connectivity index (χ1v) is 8.69. The molecule has 1 aromatic carbocycles. The molecule has 0 saturated carbocycles. The van der Waals surface area contributed by atoms with Gasteiger partial charge in [0.25, 0.3) is 5.91 Å². The number of thiophene rings is 1. The number of methoxy groups -OCH3 is 1. The summed E-state index contributed by atoms with van der Waals surface area (Å²) in [6.07, 6.45) is 0. The highest BCUT2D eigenvalue weighted by molar-refractivity contribution is 7.08. The van der Waals surface area contributed by atoms with Crippen LogP contribution in [0, 0.1) is 0 Å². The molecule has 3 rings (SSSR count). The zero-order valence-corrected chi connectivity index (χ0v) is 14.5. The van der Waals surface area contributed by atoms with E-state index in [1.807, 2.05) is 35.7 Å². The number of ether oxygens (including phenoxy) is 1. The van der Waals surface area contributed by atoms with Gasteiger partial charge in [0.1, 0.15) is 5.70 Å². The molecule has 0 saturated heterocycles. The molecule has 2 heterocycles. The summed E-state index contributed by atoms with van der Waals surface area (Å²) < 4.78 is 4.77. The average Bonchev–Trinajstić information content (AvgIpc) is 3.26. The summed E-state index contributed by atoms with van der Waals surface area (Å²) in [5, 5.41) is 16.2. The summed E-state index contributed by atoms with van der Waals surface area (Å²) in [6.45, 7) is 0.131. The van der Waals surface area contributed by atoms with E-state index in [2.05, 4.69) is 10.7 Å². The monoisotopic (exact) mass is 358 g/mol. The van der Waals surface area contributed by atoms with Crippen molar-refractivity contribution in [2.24, 2.45) is 0 Å². The van der Waals surface area contributed by atoms with Gasteiger partial charge in [-0.25, -0.2) is 4.79 Å². The van der Waals surface area contributed by atoms with E-state index in [1.165, 1.54) is 12.0 Å². The van der Waals surface area contributed by atoms with Crippen LogP contribution in [-0.2, 0) is 14.3 Å². The normalized spacial score (nSPS) is 14.2. The van der Waals surface area contributed by atoms with E-state index in [4.69, 9.17) is 9.84 Å². The molecule has 25 heavy (non-hydrogen) atoms. The maximum atomic E-state index is 12.5. The van der Waals surface area contributed by atoms with Crippen LogP contribution in [-0.4, -0.2) is 48.7 Å². The van der Waals surface area contributed by atoms with E-state index in [0.29, 0.717) is 5.69 Å². The summed E-state index contributed by atoms with van der Waals surface area (Å²) in [5.41, 5.74) is 3.38. The predicted octanol–water partition coefficient (Wildman–Crippen LogP) is 2.09. The Morgan fingerprint density at radius 2 is 2.04 bits per heavy atom. The number of anilines is 1. The third-order valence-corrected chi connectivity index (χ3v) is 4.65. The molecule has 0 aliphatic carbocycles. The Balaban J connectivity index is 1.83. The van der Waals surface area contributed by atoms with Gasteiger partial charge in [0.15, 0.2) is 0 Å². The highest BCUT2D eigenvalue weighted by atomic mass is 32.1. The Labute approximate surface area is 149 Å². The van der Waals surface area contributed by atoms with Crippen LogP contribution in [0.2, 0.25) is 0 Å². The second-order valence-electron chi connectivity index (χ2n) is 5.51. The Bertz CT molecular complexity index is 797. The van der Waals surface area contributed by atoms with Crippen molar-refractivity contribution < 1.29 is 19.4 Å². The van der Waals surface area contributed by atoms with Gasteiger partial charge in [0, 0.05) is 12.2 Å². The highest BCUT2D eigenvalue weighted by Crippen LogP contribution is 2.26. The Hall–Kier alpha value is -2.64.